The second kappa shape index (κ2) is 4.83. The molecule has 1 radical (unpaired) electrons. The number of rotatable bonds is 3. The van der Waals surface area contributed by atoms with E-state index >= 15 is 0 Å². The molecule has 0 amide bonds. The smallest absolute Gasteiger partial charge is 0.145 e. The van der Waals surface area contributed by atoms with E-state index in [2.05, 4.69) is 6.61 Å². The fourth-order valence-corrected chi connectivity index (χ4v) is 0.204. The molecule has 1 nitrogen and oxygen atoms in total. The van der Waals surface area contributed by atoms with E-state index in [1.807, 2.05) is 13.8 Å². The highest BCUT2D eigenvalue weighted by Gasteiger charge is 1.97. The van der Waals surface area contributed by atoms with Crippen molar-refractivity contribution in [1.29, 1.82) is 0 Å². The Morgan fingerprint density at radius 1 is 1.50 bits per heavy atom. The molecule has 0 bridgehead atoms. The molecule has 0 aliphatic carbocycles. The van der Waals surface area contributed by atoms with Crippen molar-refractivity contribution in [3.63, 3.8) is 0 Å². The Morgan fingerprint density at radius 2 is 2.17 bits per heavy atom. The van der Waals surface area contributed by atoms with E-state index < -0.39 is 0 Å². The minimum absolute atomic E-state index is 0.744. The van der Waals surface area contributed by atoms with Crippen LogP contribution >= 0.6 is 0 Å². The zero-order valence-corrected chi connectivity index (χ0v) is 4.32. The molecule has 0 aromatic heterocycles. The molecule has 6 heavy (non-hydrogen) atoms. The molecule has 0 aliphatic heterocycles. The first-order chi connectivity index (χ1) is 2.91. The average Bonchev–Trinajstić information content (AvgIpc) is 1.61. The highest BCUT2D eigenvalue weighted by atomic mass is 16.5. The van der Waals surface area contributed by atoms with Crippen LogP contribution in [0.3, 0.4) is 0 Å². The summed E-state index contributed by atoms with van der Waals surface area (Å²) in [4.78, 5) is 0. The summed E-state index contributed by atoms with van der Waals surface area (Å²) in [5.74, 6) is 0. The molecule has 0 spiro atoms. The first kappa shape index (κ1) is 5.83. The summed E-state index contributed by atoms with van der Waals surface area (Å²) in [7, 11) is 0. The Balaban J connectivity index is 2.34. The number of hydrogen-bond donors (Lipinski definition) is 0. The molecule has 0 N–H and O–H groups in total. The molecular formula is C5H10O+. The average molecular weight is 86.1 g/mol. The summed E-state index contributed by atoms with van der Waals surface area (Å²) >= 11 is 0. The van der Waals surface area contributed by atoms with Crippen LogP contribution < -0.4 is 0 Å². The maximum atomic E-state index is 4.73. The van der Waals surface area contributed by atoms with Crippen LogP contribution in [0, 0.1) is 6.61 Å². The second-order valence-corrected chi connectivity index (χ2v) is 0.931. The molecule has 0 rings (SSSR count). The van der Waals surface area contributed by atoms with Gasteiger partial charge in [-0.25, -0.2) is 0 Å². The van der Waals surface area contributed by atoms with Gasteiger partial charge < -0.3 is 0 Å². The number of hydrogen-bond acceptors (Lipinski definition) is 1. The van der Waals surface area contributed by atoms with Gasteiger partial charge in [0.1, 0.15) is 6.61 Å². The van der Waals surface area contributed by atoms with E-state index in [0.29, 0.717) is 0 Å². The van der Waals surface area contributed by atoms with Crippen LogP contribution in [-0.2, 0) is 4.74 Å². The molecule has 0 saturated carbocycles. The highest BCUT2D eigenvalue weighted by Crippen LogP contribution is 1.83. The van der Waals surface area contributed by atoms with E-state index in [1.54, 1.807) is 0 Å². The van der Waals surface area contributed by atoms with E-state index in [4.69, 9.17) is 4.74 Å². The maximum Gasteiger partial charge on any atom is 0.463 e. The van der Waals surface area contributed by atoms with E-state index in [1.165, 1.54) is 0 Å². The molecule has 0 aromatic carbocycles. The summed E-state index contributed by atoms with van der Waals surface area (Å²) in [6, 6.07) is 0. The fraction of sp³-hybridized carbons (Fsp3) is 0.800. The Labute approximate surface area is 39.3 Å². The van der Waals surface area contributed by atoms with Crippen molar-refractivity contribution in [2.75, 3.05) is 6.61 Å². The maximum absolute atomic E-state index is 4.73. The molecule has 35 valence electrons. The van der Waals surface area contributed by atoms with Gasteiger partial charge in [0.15, 0.2) is 6.42 Å². The highest BCUT2D eigenvalue weighted by molar-refractivity contribution is 4.40. The van der Waals surface area contributed by atoms with Crippen LogP contribution in [0.1, 0.15) is 20.3 Å². The van der Waals surface area contributed by atoms with Crippen molar-refractivity contribution in [1.82, 2.24) is 0 Å². The minimum Gasteiger partial charge on any atom is -0.145 e. The van der Waals surface area contributed by atoms with Crippen LogP contribution in [0.2, 0.25) is 0 Å². The van der Waals surface area contributed by atoms with Crippen LogP contribution in [0.5, 0.6) is 0 Å². The van der Waals surface area contributed by atoms with Crippen molar-refractivity contribution >= 4 is 0 Å². The first-order valence-corrected chi connectivity index (χ1v) is 2.26. The van der Waals surface area contributed by atoms with Gasteiger partial charge in [-0.15, -0.1) is 4.74 Å². The quantitative estimate of drug-likeness (QED) is 0.373. The molecule has 1 heteroatoms. The predicted molar refractivity (Wildman–Crippen MR) is 25.2 cm³/mol. The molecule has 0 fully saturated rings. The van der Waals surface area contributed by atoms with Crippen molar-refractivity contribution in [3.05, 3.63) is 6.61 Å². The van der Waals surface area contributed by atoms with Crippen LogP contribution in [0.25, 0.3) is 0 Å². The lowest BCUT2D eigenvalue weighted by molar-refractivity contribution is 0.210. The SMILES string of the molecule is CC[C+]OCC. The Hall–Kier alpha value is -0.170. The van der Waals surface area contributed by atoms with Gasteiger partial charge >= 0.3 is 6.61 Å². The standard InChI is InChI=1S/C5H10O/c1-3-5-6-4-2/h3-4H2,1-2H3/q+1. The molecule has 0 aliphatic rings. The van der Waals surface area contributed by atoms with Crippen LogP contribution in [0.15, 0.2) is 0 Å². The first-order valence-electron chi connectivity index (χ1n) is 2.26. The van der Waals surface area contributed by atoms with Crippen LogP contribution in [-0.4, -0.2) is 6.61 Å². The van der Waals surface area contributed by atoms with Crippen LogP contribution in [0.4, 0.5) is 0 Å². The zero-order chi connectivity index (χ0) is 4.83. The monoisotopic (exact) mass is 86.1 g/mol. The summed E-state index contributed by atoms with van der Waals surface area (Å²) in [5.41, 5.74) is 0. The summed E-state index contributed by atoms with van der Waals surface area (Å²) < 4.78 is 4.73. The second-order valence-electron chi connectivity index (χ2n) is 0.931. The van der Waals surface area contributed by atoms with E-state index in [-0.39, 0.29) is 0 Å². The van der Waals surface area contributed by atoms with Gasteiger partial charge in [0.25, 0.3) is 0 Å². The van der Waals surface area contributed by atoms with Gasteiger partial charge in [-0.2, -0.15) is 0 Å². The Morgan fingerprint density at radius 3 is 2.33 bits per heavy atom. The third-order valence-electron chi connectivity index (χ3n) is 0.391. The molecule has 0 unspecified atom stereocenters. The van der Waals surface area contributed by atoms with Gasteiger partial charge in [0, 0.05) is 0 Å². The van der Waals surface area contributed by atoms with E-state index in [0.717, 1.165) is 13.0 Å². The van der Waals surface area contributed by atoms with Crippen molar-refractivity contribution < 1.29 is 4.74 Å². The molecular weight excluding hydrogens is 76.1 g/mol. The van der Waals surface area contributed by atoms with Crippen molar-refractivity contribution in [2.45, 2.75) is 20.3 Å². The Kier molecular flexibility index (Phi) is 4.69. The number of ether oxygens (including phenoxy) is 1. The third kappa shape index (κ3) is 3.83. The van der Waals surface area contributed by atoms with Crippen molar-refractivity contribution in [2.24, 2.45) is 0 Å². The third-order valence-corrected chi connectivity index (χ3v) is 0.391. The Bertz CT molecular complexity index is 15.9. The van der Waals surface area contributed by atoms with Crippen molar-refractivity contribution in [3.8, 4) is 0 Å². The summed E-state index contributed by atoms with van der Waals surface area (Å²) in [5, 5.41) is 0. The van der Waals surface area contributed by atoms with Gasteiger partial charge in [-0.1, -0.05) is 0 Å². The van der Waals surface area contributed by atoms with Gasteiger partial charge in [-0.05, 0) is 13.8 Å². The minimum atomic E-state index is 0.744. The van der Waals surface area contributed by atoms with E-state index in [9.17, 15) is 0 Å². The summed E-state index contributed by atoms with van der Waals surface area (Å²) in [6.07, 6.45) is 0.883. The fourth-order valence-electron chi connectivity index (χ4n) is 0.204. The van der Waals surface area contributed by atoms with Gasteiger partial charge in [-0.3, -0.25) is 0 Å². The molecule has 0 aromatic rings. The lowest BCUT2D eigenvalue weighted by atomic mass is 10.5. The predicted octanol–water partition coefficient (Wildman–Crippen LogP) is 1.47. The molecule has 0 heterocycles. The molecule has 0 saturated heterocycles. The lowest BCUT2D eigenvalue weighted by Gasteiger charge is -1.70. The van der Waals surface area contributed by atoms with Gasteiger partial charge in [0.2, 0.25) is 0 Å². The largest absolute Gasteiger partial charge is 0.463 e. The zero-order valence-electron chi connectivity index (χ0n) is 4.32. The van der Waals surface area contributed by atoms with Gasteiger partial charge in [0.05, 0.1) is 0 Å². The normalized spacial score (nSPS) is 8.33. The summed E-state index contributed by atoms with van der Waals surface area (Å²) in [6.45, 7) is 7.38. The topological polar surface area (TPSA) is 9.23 Å². The lowest BCUT2D eigenvalue weighted by Crippen LogP contribution is -1.81. The molecule has 0 atom stereocenters.